The van der Waals surface area contributed by atoms with E-state index < -0.39 is 12.2 Å². The molecular formula is C7H11NO3. The Balaban J connectivity index is 2.29. The summed E-state index contributed by atoms with van der Waals surface area (Å²) in [6.45, 7) is 0.968. The van der Waals surface area contributed by atoms with Crippen molar-refractivity contribution in [3.63, 3.8) is 0 Å². The van der Waals surface area contributed by atoms with Gasteiger partial charge in [0.25, 0.3) is 0 Å². The maximum atomic E-state index is 10.4. The van der Waals surface area contributed by atoms with Crippen LogP contribution >= 0.6 is 0 Å². The second-order valence-electron chi connectivity index (χ2n) is 2.24. The van der Waals surface area contributed by atoms with Crippen molar-refractivity contribution >= 4 is 5.91 Å². The number of carbonyl (C=O) groups is 1. The molecule has 62 valence electrons. The molecule has 0 saturated heterocycles. The first-order valence-corrected chi connectivity index (χ1v) is 3.45. The van der Waals surface area contributed by atoms with E-state index >= 15 is 0 Å². The molecule has 1 heterocycles. The molecular weight excluding hydrogens is 146 g/mol. The lowest BCUT2D eigenvalue weighted by molar-refractivity contribution is -0.143. The molecule has 4 heteroatoms. The number of hydrogen-bond donors (Lipinski definition) is 1. The molecule has 0 fully saturated rings. The van der Waals surface area contributed by atoms with Crippen LogP contribution in [-0.2, 0) is 14.3 Å². The summed E-state index contributed by atoms with van der Waals surface area (Å²) in [5.41, 5.74) is 4.95. The molecule has 1 aliphatic heterocycles. The van der Waals surface area contributed by atoms with E-state index in [2.05, 4.69) is 0 Å². The smallest absolute Gasteiger partial charge is 0.222 e. The summed E-state index contributed by atoms with van der Waals surface area (Å²) in [4.78, 5) is 10.4. The molecule has 0 spiro atoms. The summed E-state index contributed by atoms with van der Waals surface area (Å²) < 4.78 is 10.2. The van der Waals surface area contributed by atoms with Gasteiger partial charge in [0.05, 0.1) is 19.6 Å². The van der Waals surface area contributed by atoms with Crippen LogP contribution in [0.2, 0.25) is 0 Å². The zero-order valence-corrected chi connectivity index (χ0v) is 6.16. The third kappa shape index (κ3) is 3.15. The van der Waals surface area contributed by atoms with Crippen molar-refractivity contribution in [3.05, 3.63) is 12.2 Å². The van der Waals surface area contributed by atoms with Crippen molar-refractivity contribution < 1.29 is 14.3 Å². The predicted molar refractivity (Wildman–Crippen MR) is 38.6 cm³/mol. The summed E-state index contributed by atoms with van der Waals surface area (Å²) in [6.07, 6.45) is 3.35. The fraction of sp³-hybridized carbons (Fsp3) is 0.571. The molecule has 0 aromatic rings. The zero-order chi connectivity index (χ0) is 8.10. The minimum Gasteiger partial charge on any atom is -0.370 e. The van der Waals surface area contributed by atoms with Crippen LogP contribution in [0, 0.1) is 0 Å². The highest BCUT2D eigenvalue weighted by molar-refractivity contribution is 5.74. The van der Waals surface area contributed by atoms with Crippen molar-refractivity contribution in [2.45, 2.75) is 12.7 Å². The largest absolute Gasteiger partial charge is 0.370 e. The highest BCUT2D eigenvalue weighted by Gasteiger charge is 2.12. The summed E-state index contributed by atoms with van der Waals surface area (Å²) in [7, 11) is 0. The van der Waals surface area contributed by atoms with E-state index in [1.807, 2.05) is 12.2 Å². The molecule has 0 saturated carbocycles. The molecule has 2 N–H and O–H groups in total. The SMILES string of the molecule is NC(=O)CC1OCC=CCO1. The van der Waals surface area contributed by atoms with Gasteiger partial charge in [-0.2, -0.15) is 0 Å². The Morgan fingerprint density at radius 2 is 2.00 bits per heavy atom. The van der Waals surface area contributed by atoms with Crippen LogP contribution in [0.15, 0.2) is 12.2 Å². The van der Waals surface area contributed by atoms with Crippen LogP contribution in [0.3, 0.4) is 0 Å². The fourth-order valence-corrected chi connectivity index (χ4v) is 0.792. The molecule has 0 aromatic heterocycles. The van der Waals surface area contributed by atoms with E-state index in [1.54, 1.807) is 0 Å². The average molecular weight is 157 g/mol. The molecule has 0 bridgehead atoms. The van der Waals surface area contributed by atoms with Gasteiger partial charge in [-0.15, -0.1) is 0 Å². The molecule has 0 aliphatic carbocycles. The number of carbonyl (C=O) groups excluding carboxylic acids is 1. The van der Waals surface area contributed by atoms with Gasteiger partial charge >= 0.3 is 0 Å². The van der Waals surface area contributed by atoms with Crippen LogP contribution in [0.5, 0.6) is 0 Å². The fourth-order valence-electron chi connectivity index (χ4n) is 0.792. The van der Waals surface area contributed by atoms with E-state index in [0.717, 1.165) is 0 Å². The highest BCUT2D eigenvalue weighted by atomic mass is 16.7. The van der Waals surface area contributed by atoms with E-state index in [1.165, 1.54) is 0 Å². The molecule has 1 aliphatic rings. The zero-order valence-electron chi connectivity index (χ0n) is 6.16. The lowest BCUT2D eigenvalue weighted by Crippen LogP contribution is -2.24. The Hall–Kier alpha value is -0.870. The second-order valence-corrected chi connectivity index (χ2v) is 2.24. The van der Waals surface area contributed by atoms with Gasteiger partial charge in [0.2, 0.25) is 5.91 Å². The van der Waals surface area contributed by atoms with Gasteiger partial charge in [-0.1, -0.05) is 12.2 Å². The number of ether oxygens (including phenoxy) is 2. The van der Waals surface area contributed by atoms with Gasteiger partial charge in [-0.05, 0) is 0 Å². The Morgan fingerprint density at radius 3 is 2.45 bits per heavy atom. The molecule has 0 atom stereocenters. The third-order valence-corrected chi connectivity index (χ3v) is 1.29. The van der Waals surface area contributed by atoms with E-state index in [-0.39, 0.29) is 6.42 Å². The molecule has 0 radical (unpaired) electrons. The molecule has 0 unspecified atom stereocenters. The standard InChI is InChI=1S/C7H11NO3/c8-6(9)5-7-10-3-1-2-4-11-7/h1-2,7H,3-5H2,(H2,8,9). The van der Waals surface area contributed by atoms with Gasteiger partial charge < -0.3 is 15.2 Å². The third-order valence-electron chi connectivity index (χ3n) is 1.29. The molecule has 4 nitrogen and oxygen atoms in total. The second kappa shape index (κ2) is 4.10. The van der Waals surface area contributed by atoms with Crippen molar-refractivity contribution in [1.82, 2.24) is 0 Å². The maximum Gasteiger partial charge on any atom is 0.222 e. The molecule has 11 heavy (non-hydrogen) atoms. The van der Waals surface area contributed by atoms with Gasteiger partial charge in [-0.3, -0.25) is 4.79 Å². The van der Waals surface area contributed by atoms with Crippen molar-refractivity contribution in [2.24, 2.45) is 5.73 Å². The normalized spacial score (nSPS) is 19.6. The van der Waals surface area contributed by atoms with Gasteiger partial charge in [-0.25, -0.2) is 0 Å². The highest BCUT2D eigenvalue weighted by Crippen LogP contribution is 2.03. The van der Waals surface area contributed by atoms with E-state index in [0.29, 0.717) is 13.2 Å². The summed E-state index contributed by atoms with van der Waals surface area (Å²) in [5.74, 6) is -0.406. The lowest BCUT2D eigenvalue weighted by Gasteiger charge is -2.12. The van der Waals surface area contributed by atoms with Crippen LogP contribution < -0.4 is 5.73 Å². The quantitative estimate of drug-likeness (QED) is 0.564. The number of rotatable bonds is 2. The molecule has 1 amide bonds. The topological polar surface area (TPSA) is 61.6 Å². The monoisotopic (exact) mass is 157 g/mol. The summed E-state index contributed by atoms with van der Waals surface area (Å²) >= 11 is 0. The van der Waals surface area contributed by atoms with E-state index in [4.69, 9.17) is 15.2 Å². The van der Waals surface area contributed by atoms with Crippen LogP contribution in [0.25, 0.3) is 0 Å². The maximum absolute atomic E-state index is 10.4. The van der Waals surface area contributed by atoms with Crippen molar-refractivity contribution in [2.75, 3.05) is 13.2 Å². The van der Waals surface area contributed by atoms with Crippen molar-refractivity contribution in [3.8, 4) is 0 Å². The van der Waals surface area contributed by atoms with E-state index in [9.17, 15) is 4.79 Å². The Labute approximate surface area is 65.0 Å². The molecule has 0 aromatic carbocycles. The van der Waals surface area contributed by atoms with Crippen LogP contribution in [-0.4, -0.2) is 25.4 Å². The average Bonchev–Trinajstić information content (AvgIpc) is 2.14. The first-order chi connectivity index (χ1) is 5.29. The van der Waals surface area contributed by atoms with Gasteiger partial charge in [0.15, 0.2) is 6.29 Å². The molecule has 1 rings (SSSR count). The van der Waals surface area contributed by atoms with Crippen LogP contribution in [0.4, 0.5) is 0 Å². The van der Waals surface area contributed by atoms with Crippen LogP contribution in [0.1, 0.15) is 6.42 Å². The minimum absolute atomic E-state index is 0.127. The Kier molecular flexibility index (Phi) is 3.07. The van der Waals surface area contributed by atoms with Gasteiger partial charge in [0, 0.05) is 0 Å². The lowest BCUT2D eigenvalue weighted by atomic mass is 10.4. The predicted octanol–water partition coefficient (Wildman–Crippen LogP) is -0.209. The Morgan fingerprint density at radius 1 is 1.45 bits per heavy atom. The van der Waals surface area contributed by atoms with Crippen molar-refractivity contribution in [1.29, 1.82) is 0 Å². The first-order valence-electron chi connectivity index (χ1n) is 3.45. The Bertz CT molecular complexity index is 157. The number of primary amides is 1. The summed E-state index contributed by atoms with van der Waals surface area (Å²) in [6, 6.07) is 0. The number of hydrogen-bond acceptors (Lipinski definition) is 3. The minimum atomic E-state index is -0.470. The first kappa shape index (κ1) is 8.23. The summed E-state index contributed by atoms with van der Waals surface area (Å²) in [5, 5.41) is 0. The van der Waals surface area contributed by atoms with Gasteiger partial charge in [0.1, 0.15) is 0 Å². The number of amides is 1. The number of nitrogens with two attached hydrogens (primary N) is 1.